The fourth-order valence-electron chi connectivity index (χ4n) is 1.51. The minimum atomic E-state index is -0.277. The van der Waals surface area contributed by atoms with E-state index in [1.54, 1.807) is 7.11 Å². The summed E-state index contributed by atoms with van der Waals surface area (Å²) in [6, 6.07) is 5.66. The monoisotopic (exact) mass is 232 g/mol. The number of benzene rings is 1. The topological polar surface area (TPSA) is 44.2 Å². The van der Waals surface area contributed by atoms with Crippen LogP contribution in [0.3, 0.4) is 0 Å². The van der Waals surface area contributed by atoms with Gasteiger partial charge in [0, 0.05) is 6.07 Å². The fraction of sp³-hybridized carbons (Fsp3) is 0.385. The van der Waals surface area contributed by atoms with Crippen molar-refractivity contribution in [2.75, 3.05) is 7.11 Å². The van der Waals surface area contributed by atoms with Crippen molar-refractivity contribution in [3.05, 3.63) is 24.5 Å². The van der Waals surface area contributed by atoms with Crippen molar-refractivity contribution in [3.63, 3.8) is 0 Å². The zero-order valence-electron chi connectivity index (χ0n) is 10.5. The largest absolute Gasteiger partial charge is 0.497 e. The summed E-state index contributed by atoms with van der Waals surface area (Å²) in [7, 11) is 1.63. The summed E-state index contributed by atoms with van der Waals surface area (Å²) in [5, 5.41) is 0.892. The molecule has 1 aromatic heterocycles. The highest BCUT2D eigenvalue weighted by atomic mass is 16.5. The van der Waals surface area contributed by atoms with Gasteiger partial charge in [0.25, 0.3) is 0 Å². The van der Waals surface area contributed by atoms with Crippen LogP contribution in [0.15, 0.2) is 24.5 Å². The van der Waals surface area contributed by atoms with Crippen molar-refractivity contribution in [2.45, 2.75) is 26.4 Å². The molecule has 0 spiro atoms. The SMILES string of the molecule is COc1ccc2c(OC(C)(C)C)ncnc2c1. The van der Waals surface area contributed by atoms with Crippen LogP contribution in [0.1, 0.15) is 20.8 Å². The number of hydrogen-bond acceptors (Lipinski definition) is 4. The van der Waals surface area contributed by atoms with E-state index in [0.29, 0.717) is 5.88 Å². The lowest BCUT2D eigenvalue weighted by atomic mass is 10.2. The maximum absolute atomic E-state index is 5.80. The van der Waals surface area contributed by atoms with Gasteiger partial charge in [-0.15, -0.1) is 0 Å². The molecule has 4 heteroatoms. The van der Waals surface area contributed by atoms with Crippen molar-refractivity contribution in [3.8, 4) is 11.6 Å². The lowest BCUT2D eigenvalue weighted by molar-refractivity contribution is 0.126. The molecule has 0 bridgehead atoms. The molecule has 0 N–H and O–H groups in total. The molecule has 90 valence electrons. The Bertz CT molecular complexity index is 532. The van der Waals surface area contributed by atoms with Crippen LogP contribution in [0.4, 0.5) is 0 Å². The third-order valence-electron chi connectivity index (χ3n) is 2.21. The third-order valence-corrected chi connectivity index (χ3v) is 2.21. The third kappa shape index (κ3) is 2.64. The van der Waals surface area contributed by atoms with Gasteiger partial charge < -0.3 is 9.47 Å². The van der Waals surface area contributed by atoms with Gasteiger partial charge in [0.15, 0.2) is 0 Å². The summed E-state index contributed by atoms with van der Waals surface area (Å²) < 4.78 is 11.0. The first-order chi connectivity index (χ1) is 7.99. The molecule has 0 atom stereocenters. The molecule has 2 aromatic rings. The second-order valence-electron chi connectivity index (χ2n) is 4.78. The molecule has 1 aromatic carbocycles. The summed E-state index contributed by atoms with van der Waals surface area (Å²) >= 11 is 0. The summed E-state index contributed by atoms with van der Waals surface area (Å²) in [6.07, 6.45) is 1.50. The Hall–Kier alpha value is -1.84. The van der Waals surface area contributed by atoms with Crippen LogP contribution in [-0.4, -0.2) is 22.7 Å². The molecule has 0 radical (unpaired) electrons. The minimum absolute atomic E-state index is 0.277. The molecule has 2 rings (SSSR count). The van der Waals surface area contributed by atoms with Gasteiger partial charge in [-0.25, -0.2) is 9.97 Å². The summed E-state index contributed by atoms with van der Waals surface area (Å²) in [5.41, 5.74) is 0.542. The van der Waals surface area contributed by atoms with Crippen molar-refractivity contribution < 1.29 is 9.47 Å². The quantitative estimate of drug-likeness (QED) is 0.798. The van der Waals surface area contributed by atoms with E-state index in [2.05, 4.69) is 9.97 Å². The van der Waals surface area contributed by atoms with Crippen LogP contribution in [0.2, 0.25) is 0 Å². The molecule has 0 saturated carbocycles. The van der Waals surface area contributed by atoms with E-state index in [1.807, 2.05) is 39.0 Å². The van der Waals surface area contributed by atoms with E-state index in [-0.39, 0.29) is 5.60 Å². The Morgan fingerprint density at radius 3 is 2.53 bits per heavy atom. The van der Waals surface area contributed by atoms with Crippen LogP contribution in [0.25, 0.3) is 10.9 Å². The van der Waals surface area contributed by atoms with Crippen LogP contribution < -0.4 is 9.47 Å². The molecule has 0 aliphatic rings. The Morgan fingerprint density at radius 2 is 1.88 bits per heavy atom. The number of aromatic nitrogens is 2. The summed E-state index contributed by atoms with van der Waals surface area (Å²) in [4.78, 5) is 8.38. The number of methoxy groups -OCH3 is 1. The zero-order valence-corrected chi connectivity index (χ0v) is 10.5. The molecule has 17 heavy (non-hydrogen) atoms. The van der Waals surface area contributed by atoms with E-state index >= 15 is 0 Å². The molecule has 0 unspecified atom stereocenters. The highest BCUT2D eigenvalue weighted by molar-refractivity contribution is 5.84. The normalized spacial score (nSPS) is 11.5. The van der Waals surface area contributed by atoms with Gasteiger partial charge in [-0.2, -0.15) is 0 Å². The molecular weight excluding hydrogens is 216 g/mol. The van der Waals surface area contributed by atoms with E-state index in [4.69, 9.17) is 9.47 Å². The van der Waals surface area contributed by atoms with Crippen molar-refractivity contribution >= 4 is 10.9 Å². The molecular formula is C13H16N2O2. The van der Waals surface area contributed by atoms with Crippen molar-refractivity contribution in [1.82, 2.24) is 9.97 Å². The first-order valence-corrected chi connectivity index (χ1v) is 5.47. The van der Waals surface area contributed by atoms with Gasteiger partial charge >= 0.3 is 0 Å². The fourth-order valence-corrected chi connectivity index (χ4v) is 1.51. The number of rotatable bonds is 2. The van der Waals surface area contributed by atoms with E-state index in [9.17, 15) is 0 Å². The van der Waals surface area contributed by atoms with Gasteiger partial charge in [-0.1, -0.05) is 0 Å². The molecule has 4 nitrogen and oxygen atoms in total. The van der Waals surface area contributed by atoms with Gasteiger partial charge in [0.2, 0.25) is 5.88 Å². The van der Waals surface area contributed by atoms with Crippen LogP contribution >= 0.6 is 0 Å². The lowest BCUT2D eigenvalue weighted by Gasteiger charge is -2.21. The molecule has 0 saturated heterocycles. The Labute approximate surface area is 101 Å². The Balaban J connectivity index is 2.51. The number of ether oxygens (including phenoxy) is 2. The summed E-state index contributed by atoms with van der Waals surface area (Å²) in [5.74, 6) is 1.38. The van der Waals surface area contributed by atoms with Crippen LogP contribution in [-0.2, 0) is 0 Å². The van der Waals surface area contributed by atoms with E-state index in [1.165, 1.54) is 6.33 Å². The molecule has 0 amide bonds. The van der Waals surface area contributed by atoms with Crippen molar-refractivity contribution in [2.24, 2.45) is 0 Å². The van der Waals surface area contributed by atoms with E-state index in [0.717, 1.165) is 16.7 Å². The number of nitrogens with zero attached hydrogens (tertiary/aromatic N) is 2. The first kappa shape index (κ1) is 11.6. The lowest BCUT2D eigenvalue weighted by Crippen LogP contribution is -2.23. The second-order valence-corrected chi connectivity index (χ2v) is 4.78. The van der Waals surface area contributed by atoms with Gasteiger partial charge in [-0.05, 0) is 32.9 Å². The van der Waals surface area contributed by atoms with Gasteiger partial charge in [-0.3, -0.25) is 0 Å². The Kier molecular flexibility index (Phi) is 2.88. The second kappa shape index (κ2) is 4.20. The van der Waals surface area contributed by atoms with Gasteiger partial charge in [0.1, 0.15) is 17.7 Å². The van der Waals surface area contributed by atoms with Crippen LogP contribution in [0, 0.1) is 0 Å². The first-order valence-electron chi connectivity index (χ1n) is 5.47. The molecule has 0 aliphatic heterocycles. The molecule has 1 heterocycles. The average molecular weight is 232 g/mol. The average Bonchev–Trinajstić information content (AvgIpc) is 2.26. The maximum atomic E-state index is 5.80. The van der Waals surface area contributed by atoms with Crippen LogP contribution in [0.5, 0.6) is 11.6 Å². The standard InChI is InChI=1S/C13H16N2O2/c1-13(2,3)17-12-10-6-5-9(16-4)7-11(10)14-8-15-12/h5-8H,1-4H3. The van der Waals surface area contributed by atoms with Gasteiger partial charge in [0.05, 0.1) is 18.0 Å². The zero-order chi connectivity index (χ0) is 12.5. The maximum Gasteiger partial charge on any atom is 0.224 e. The highest BCUT2D eigenvalue weighted by Crippen LogP contribution is 2.27. The molecule has 0 fully saturated rings. The summed E-state index contributed by atoms with van der Waals surface area (Å²) in [6.45, 7) is 5.97. The molecule has 0 aliphatic carbocycles. The Morgan fingerprint density at radius 1 is 1.12 bits per heavy atom. The van der Waals surface area contributed by atoms with Crippen molar-refractivity contribution in [1.29, 1.82) is 0 Å². The number of fused-ring (bicyclic) bond motifs is 1. The smallest absolute Gasteiger partial charge is 0.224 e. The predicted molar refractivity (Wildman–Crippen MR) is 66.5 cm³/mol. The predicted octanol–water partition coefficient (Wildman–Crippen LogP) is 2.82. The van der Waals surface area contributed by atoms with E-state index < -0.39 is 0 Å². The highest BCUT2D eigenvalue weighted by Gasteiger charge is 2.15. The number of hydrogen-bond donors (Lipinski definition) is 0. The minimum Gasteiger partial charge on any atom is -0.497 e.